The quantitative estimate of drug-likeness (QED) is 0.751. The maximum atomic E-state index is 12.2. The van der Waals surface area contributed by atoms with Crippen LogP contribution in [0.3, 0.4) is 0 Å². The zero-order chi connectivity index (χ0) is 13.5. The lowest BCUT2D eigenvalue weighted by Gasteiger charge is -2.22. The summed E-state index contributed by atoms with van der Waals surface area (Å²) in [4.78, 5) is 27.0. The van der Waals surface area contributed by atoms with Crippen molar-refractivity contribution in [2.45, 2.75) is 19.4 Å². The van der Waals surface area contributed by atoms with Crippen LogP contribution in [-0.4, -0.2) is 36.5 Å². The first-order valence-corrected chi connectivity index (χ1v) is 5.66. The largest absolute Gasteiger partial charge is 0.497 e. The van der Waals surface area contributed by atoms with Gasteiger partial charge in [-0.3, -0.25) is 4.79 Å². The number of methoxy groups -OCH3 is 1. The van der Waals surface area contributed by atoms with Crippen LogP contribution < -0.4 is 9.64 Å². The van der Waals surface area contributed by atoms with Gasteiger partial charge in [0.2, 0.25) is 0 Å². The van der Waals surface area contributed by atoms with Gasteiger partial charge in [-0.05, 0) is 38.1 Å². The third-order valence-corrected chi connectivity index (χ3v) is 3.37. The molecule has 5 nitrogen and oxygen atoms in total. The highest BCUT2D eigenvalue weighted by atomic mass is 16.5. The predicted octanol–water partition coefficient (Wildman–Crippen LogP) is 1.87. The van der Waals surface area contributed by atoms with Crippen molar-refractivity contribution in [2.24, 2.45) is 0 Å². The number of carbonyl (C=O) groups excluding carboxylic acids is 2. The summed E-state index contributed by atoms with van der Waals surface area (Å²) in [5.41, 5.74) is -0.250. The lowest BCUT2D eigenvalue weighted by Crippen LogP contribution is -2.41. The normalized spacial score (nSPS) is 18.4. The first kappa shape index (κ1) is 12.4. The monoisotopic (exact) mass is 248 g/mol. The molecule has 0 N–H and O–H groups in total. The second-order valence-corrected chi connectivity index (χ2v) is 4.74. The van der Waals surface area contributed by atoms with Crippen molar-refractivity contribution in [1.82, 2.24) is 4.90 Å². The van der Waals surface area contributed by atoms with Gasteiger partial charge in [0.05, 0.1) is 12.8 Å². The van der Waals surface area contributed by atoms with Crippen LogP contribution in [-0.2, 0) is 4.79 Å². The average Bonchev–Trinajstić information content (AvgIpc) is 2.51. The molecule has 0 spiro atoms. The smallest absolute Gasteiger partial charge is 0.332 e. The van der Waals surface area contributed by atoms with E-state index in [4.69, 9.17) is 4.74 Å². The van der Waals surface area contributed by atoms with E-state index < -0.39 is 5.54 Å². The van der Waals surface area contributed by atoms with Gasteiger partial charge >= 0.3 is 6.03 Å². The summed E-state index contributed by atoms with van der Waals surface area (Å²) in [5, 5.41) is 0. The van der Waals surface area contributed by atoms with E-state index in [-0.39, 0.29) is 11.9 Å². The maximum absolute atomic E-state index is 12.2. The number of nitrogens with zero attached hydrogens (tertiary/aromatic N) is 2. The average molecular weight is 248 g/mol. The molecule has 96 valence electrons. The molecule has 1 fully saturated rings. The van der Waals surface area contributed by atoms with Crippen LogP contribution in [0.1, 0.15) is 13.8 Å². The molecular formula is C13H16N2O3. The van der Waals surface area contributed by atoms with E-state index in [2.05, 4.69) is 0 Å². The van der Waals surface area contributed by atoms with Gasteiger partial charge in [0.15, 0.2) is 0 Å². The molecule has 0 aromatic heterocycles. The van der Waals surface area contributed by atoms with Crippen LogP contribution >= 0.6 is 0 Å². The summed E-state index contributed by atoms with van der Waals surface area (Å²) in [6.45, 7) is 3.47. The zero-order valence-electron chi connectivity index (χ0n) is 10.9. The summed E-state index contributed by atoms with van der Waals surface area (Å²) in [6.07, 6.45) is 0. The summed E-state index contributed by atoms with van der Waals surface area (Å²) in [7, 11) is 3.20. The number of carbonyl (C=O) groups is 2. The Balaban J connectivity index is 2.39. The fourth-order valence-corrected chi connectivity index (χ4v) is 1.85. The van der Waals surface area contributed by atoms with E-state index in [1.807, 2.05) is 0 Å². The standard InChI is InChI=1S/C13H16N2O3/c1-13(2)11(16)15(12(17)14(13)3)9-5-7-10(18-4)8-6-9/h5-8H,1-4H3. The lowest BCUT2D eigenvalue weighted by atomic mass is 10.1. The molecule has 18 heavy (non-hydrogen) atoms. The van der Waals surface area contributed by atoms with E-state index in [1.165, 1.54) is 9.80 Å². The third-order valence-electron chi connectivity index (χ3n) is 3.37. The second kappa shape index (κ2) is 4.01. The zero-order valence-corrected chi connectivity index (χ0v) is 10.9. The summed E-state index contributed by atoms with van der Waals surface area (Å²) < 4.78 is 5.05. The minimum Gasteiger partial charge on any atom is -0.497 e. The van der Waals surface area contributed by atoms with Gasteiger partial charge in [-0.1, -0.05) is 0 Å². The Hall–Kier alpha value is -2.04. The van der Waals surface area contributed by atoms with Gasteiger partial charge < -0.3 is 9.64 Å². The van der Waals surface area contributed by atoms with Crippen LogP contribution in [0.15, 0.2) is 24.3 Å². The van der Waals surface area contributed by atoms with Crippen molar-refractivity contribution < 1.29 is 14.3 Å². The summed E-state index contributed by atoms with van der Waals surface area (Å²) in [5.74, 6) is 0.464. The van der Waals surface area contributed by atoms with Gasteiger partial charge in [-0.2, -0.15) is 0 Å². The number of amides is 3. The highest BCUT2D eigenvalue weighted by molar-refractivity contribution is 6.22. The number of ether oxygens (including phenoxy) is 1. The molecule has 0 bridgehead atoms. The number of hydrogen-bond acceptors (Lipinski definition) is 3. The van der Waals surface area contributed by atoms with Crippen LogP contribution in [0.4, 0.5) is 10.5 Å². The molecule has 3 amide bonds. The van der Waals surface area contributed by atoms with Gasteiger partial charge in [0.1, 0.15) is 11.3 Å². The van der Waals surface area contributed by atoms with E-state index in [0.717, 1.165) is 0 Å². The van der Waals surface area contributed by atoms with Crippen LogP contribution in [0, 0.1) is 0 Å². The van der Waals surface area contributed by atoms with Crippen molar-refractivity contribution in [3.8, 4) is 5.75 Å². The van der Waals surface area contributed by atoms with Gasteiger partial charge in [0, 0.05) is 7.05 Å². The lowest BCUT2D eigenvalue weighted by molar-refractivity contribution is -0.123. The summed E-state index contributed by atoms with van der Waals surface area (Å²) >= 11 is 0. The van der Waals surface area contributed by atoms with Gasteiger partial charge in [-0.25, -0.2) is 9.69 Å². The first-order chi connectivity index (χ1) is 8.39. The van der Waals surface area contributed by atoms with E-state index in [9.17, 15) is 9.59 Å². The Bertz CT molecular complexity index is 493. The Kier molecular flexibility index (Phi) is 2.77. The Morgan fingerprint density at radius 1 is 1.11 bits per heavy atom. The molecule has 1 aliphatic rings. The van der Waals surface area contributed by atoms with Gasteiger partial charge in [-0.15, -0.1) is 0 Å². The van der Waals surface area contributed by atoms with Crippen molar-refractivity contribution >= 4 is 17.6 Å². The molecule has 0 aliphatic carbocycles. The number of anilines is 1. The fraction of sp³-hybridized carbons (Fsp3) is 0.385. The maximum Gasteiger partial charge on any atom is 0.332 e. The first-order valence-electron chi connectivity index (χ1n) is 5.66. The third kappa shape index (κ3) is 1.63. The molecule has 2 rings (SSSR count). The molecule has 0 radical (unpaired) electrons. The molecule has 1 aromatic carbocycles. The SMILES string of the molecule is COc1ccc(N2C(=O)N(C)C(C)(C)C2=O)cc1. The van der Waals surface area contributed by atoms with E-state index in [1.54, 1.807) is 52.3 Å². The van der Waals surface area contributed by atoms with Crippen molar-refractivity contribution in [1.29, 1.82) is 0 Å². The molecule has 1 aromatic rings. The number of hydrogen-bond donors (Lipinski definition) is 0. The van der Waals surface area contributed by atoms with Gasteiger partial charge in [0.25, 0.3) is 5.91 Å². The number of urea groups is 1. The number of likely N-dealkylation sites (N-methyl/N-ethyl adjacent to an activating group) is 1. The molecule has 0 unspecified atom stereocenters. The Morgan fingerprint density at radius 2 is 1.67 bits per heavy atom. The minimum atomic E-state index is -0.809. The van der Waals surface area contributed by atoms with Crippen LogP contribution in [0.2, 0.25) is 0 Å². The van der Waals surface area contributed by atoms with Crippen LogP contribution in [0.25, 0.3) is 0 Å². The van der Waals surface area contributed by atoms with Crippen molar-refractivity contribution in [2.75, 3.05) is 19.1 Å². The molecule has 0 saturated carbocycles. The summed E-state index contributed by atoms with van der Waals surface area (Å²) in [6, 6.07) is 6.53. The minimum absolute atomic E-state index is 0.222. The molecule has 1 heterocycles. The Labute approximate surface area is 106 Å². The molecular weight excluding hydrogens is 232 g/mol. The number of imide groups is 1. The second-order valence-electron chi connectivity index (χ2n) is 4.74. The molecule has 1 saturated heterocycles. The highest BCUT2D eigenvalue weighted by Crippen LogP contribution is 2.31. The molecule has 5 heteroatoms. The fourth-order valence-electron chi connectivity index (χ4n) is 1.85. The molecule has 1 aliphatic heterocycles. The molecule has 0 atom stereocenters. The number of rotatable bonds is 2. The highest BCUT2D eigenvalue weighted by Gasteiger charge is 2.49. The van der Waals surface area contributed by atoms with Crippen molar-refractivity contribution in [3.05, 3.63) is 24.3 Å². The van der Waals surface area contributed by atoms with Crippen LogP contribution in [0.5, 0.6) is 5.75 Å². The Morgan fingerprint density at radius 3 is 2.06 bits per heavy atom. The predicted molar refractivity (Wildman–Crippen MR) is 67.7 cm³/mol. The van der Waals surface area contributed by atoms with Crippen molar-refractivity contribution in [3.63, 3.8) is 0 Å². The number of benzene rings is 1. The topological polar surface area (TPSA) is 49.9 Å². The van der Waals surface area contributed by atoms with E-state index >= 15 is 0 Å². The van der Waals surface area contributed by atoms with E-state index in [0.29, 0.717) is 11.4 Å².